The van der Waals surface area contributed by atoms with Gasteiger partial charge in [0.2, 0.25) is 0 Å². The van der Waals surface area contributed by atoms with E-state index < -0.39 is 0 Å². The average Bonchev–Trinajstić information content (AvgIpc) is 2.39. The summed E-state index contributed by atoms with van der Waals surface area (Å²) in [6.45, 7) is 4.12. The molecule has 1 heterocycles. The van der Waals surface area contributed by atoms with Crippen LogP contribution in [0, 0.1) is 0 Å². The molecule has 2 nitrogen and oxygen atoms in total. The van der Waals surface area contributed by atoms with E-state index in [-0.39, 0.29) is 0 Å². The van der Waals surface area contributed by atoms with Crippen molar-refractivity contribution in [3.8, 4) is 0 Å². The molecule has 1 aromatic carbocycles. The molecule has 0 aliphatic heterocycles. The molecule has 0 saturated heterocycles. The Morgan fingerprint density at radius 2 is 1.76 bits per heavy atom. The number of anilines is 1. The van der Waals surface area contributed by atoms with Crippen LogP contribution in [0.25, 0.3) is 5.57 Å². The van der Waals surface area contributed by atoms with Crippen molar-refractivity contribution in [2.75, 3.05) is 19.0 Å². The lowest BCUT2D eigenvalue weighted by molar-refractivity contribution is 1.13. The maximum absolute atomic E-state index is 4.12. The summed E-state index contributed by atoms with van der Waals surface area (Å²) in [4.78, 5) is 6.19. The molecule has 0 N–H and O–H groups in total. The smallest absolute Gasteiger partial charge is 0.0361 e. The van der Waals surface area contributed by atoms with Gasteiger partial charge in [-0.3, -0.25) is 4.98 Å². The van der Waals surface area contributed by atoms with Crippen LogP contribution in [0.5, 0.6) is 0 Å². The minimum absolute atomic E-state index is 1.00. The summed E-state index contributed by atoms with van der Waals surface area (Å²) in [5, 5.41) is 0. The molecule has 0 aliphatic carbocycles. The lowest BCUT2D eigenvalue weighted by atomic mass is 10.0. The highest BCUT2D eigenvalue weighted by molar-refractivity contribution is 5.78. The first-order chi connectivity index (χ1) is 8.18. The average molecular weight is 224 g/mol. The SMILES string of the molecule is C=C(c1ccc(N(C)C)cc1)c1cccnc1. The summed E-state index contributed by atoms with van der Waals surface area (Å²) in [6.07, 6.45) is 3.61. The Morgan fingerprint density at radius 1 is 1.06 bits per heavy atom. The van der Waals surface area contributed by atoms with E-state index in [0.29, 0.717) is 0 Å². The zero-order valence-corrected chi connectivity index (χ0v) is 10.2. The van der Waals surface area contributed by atoms with Gasteiger partial charge in [-0.2, -0.15) is 0 Å². The zero-order valence-electron chi connectivity index (χ0n) is 10.2. The standard InChI is InChI=1S/C15H16N2/c1-12(14-5-4-10-16-11-14)13-6-8-15(9-7-13)17(2)3/h4-11H,1H2,2-3H3. The highest BCUT2D eigenvalue weighted by atomic mass is 15.1. The van der Waals surface area contributed by atoms with Gasteiger partial charge in [-0.15, -0.1) is 0 Å². The van der Waals surface area contributed by atoms with E-state index in [1.54, 1.807) is 6.20 Å². The van der Waals surface area contributed by atoms with Crippen LogP contribution in [0.1, 0.15) is 11.1 Å². The maximum atomic E-state index is 4.12. The molecule has 0 spiro atoms. The molecular weight excluding hydrogens is 208 g/mol. The van der Waals surface area contributed by atoms with Crippen LogP contribution in [-0.2, 0) is 0 Å². The highest BCUT2D eigenvalue weighted by Crippen LogP contribution is 2.22. The Balaban J connectivity index is 2.27. The van der Waals surface area contributed by atoms with Gasteiger partial charge < -0.3 is 4.90 Å². The molecule has 0 saturated carbocycles. The van der Waals surface area contributed by atoms with Crippen molar-refractivity contribution in [1.82, 2.24) is 4.98 Å². The van der Waals surface area contributed by atoms with Gasteiger partial charge in [-0.25, -0.2) is 0 Å². The second-order valence-corrected chi connectivity index (χ2v) is 4.16. The third-order valence-electron chi connectivity index (χ3n) is 2.74. The monoisotopic (exact) mass is 224 g/mol. The third-order valence-corrected chi connectivity index (χ3v) is 2.74. The van der Waals surface area contributed by atoms with E-state index in [2.05, 4.69) is 40.7 Å². The minimum atomic E-state index is 1.00. The zero-order chi connectivity index (χ0) is 12.3. The lowest BCUT2D eigenvalue weighted by Gasteiger charge is -2.13. The van der Waals surface area contributed by atoms with Crippen molar-refractivity contribution in [1.29, 1.82) is 0 Å². The number of hydrogen-bond acceptors (Lipinski definition) is 2. The van der Waals surface area contributed by atoms with Crippen LogP contribution in [0.15, 0.2) is 55.4 Å². The van der Waals surface area contributed by atoms with E-state index in [1.807, 2.05) is 32.4 Å². The van der Waals surface area contributed by atoms with Crippen LogP contribution in [0.2, 0.25) is 0 Å². The van der Waals surface area contributed by atoms with Crippen molar-refractivity contribution in [2.24, 2.45) is 0 Å². The molecule has 86 valence electrons. The van der Waals surface area contributed by atoms with E-state index >= 15 is 0 Å². The number of hydrogen-bond donors (Lipinski definition) is 0. The molecular formula is C15H16N2. The van der Waals surface area contributed by atoms with Gasteiger partial charge >= 0.3 is 0 Å². The Hall–Kier alpha value is -2.09. The van der Waals surface area contributed by atoms with Crippen LogP contribution < -0.4 is 4.90 Å². The maximum Gasteiger partial charge on any atom is 0.0361 e. The molecule has 2 rings (SSSR count). The van der Waals surface area contributed by atoms with Crippen molar-refractivity contribution in [2.45, 2.75) is 0 Å². The van der Waals surface area contributed by atoms with Gasteiger partial charge in [0.05, 0.1) is 0 Å². The van der Waals surface area contributed by atoms with E-state index in [9.17, 15) is 0 Å². The summed E-state index contributed by atoms with van der Waals surface area (Å²) < 4.78 is 0. The topological polar surface area (TPSA) is 16.1 Å². The fourth-order valence-corrected chi connectivity index (χ4v) is 1.67. The van der Waals surface area contributed by atoms with Crippen LogP contribution >= 0.6 is 0 Å². The second-order valence-electron chi connectivity index (χ2n) is 4.16. The number of aromatic nitrogens is 1. The van der Waals surface area contributed by atoms with Gasteiger partial charge in [0.25, 0.3) is 0 Å². The Morgan fingerprint density at radius 3 is 2.29 bits per heavy atom. The number of nitrogens with zero attached hydrogens (tertiary/aromatic N) is 2. The van der Waals surface area contributed by atoms with Gasteiger partial charge in [-0.1, -0.05) is 24.8 Å². The number of benzene rings is 1. The molecule has 1 aromatic heterocycles. The Bertz CT molecular complexity index is 498. The molecule has 0 radical (unpaired) electrons. The Kier molecular flexibility index (Phi) is 3.24. The first-order valence-corrected chi connectivity index (χ1v) is 5.55. The number of pyridine rings is 1. The second kappa shape index (κ2) is 4.83. The summed E-state index contributed by atoms with van der Waals surface area (Å²) >= 11 is 0. The Labute approximate surface area is 102 Å². The molecule has 0 aliphatic rings. The van der Waals surface area contributed by atoms with E-state index in [4.69, 9.17) is 0 Å². The minimum Gasteiger partial charge on any atom is -0.378 e. The molecule has 2 aromatic rings. The summed E-state index contributed by atoms with van der Waals surface area (Å²) in [5.41, 5.74) is 4.38. The molecule has 0 atom stereocenters. The van der Waals surface area contributed by atoms with Crippen LogP contribution in [0.3, 0.4) is 0 Å². The van der Waals surface area contributed by atoms with Gasteiger partial charge in [0, 0.05) is 32.2 Å². The van der Waals surface area contributed by atoms with Gasteiger partial charge in [0.15, 0.2) is 0 Å². The molecule has 0 bridgehead atoms. The van der Waals surface area contributed by atoms with E-state index in [0.717, 1.165) is 16.7 Å². The van der Waals surface area contributed by atoms with Gasteiger partial charge in [0.1, 0.15) is 0 Å². The van der Waals surface area contributed by atoms with Crippen LogP contribution in [0.4, 0.5) is 5.69 Å². The normalized spacial score (nSPS) is 10.0. The third kappa shape index (κ3) is 2.53. The van der Waals surface area contributed by atoms with Crippen molar-refractivity contribution < 1.29 is 0 Å². The predicted molar refractivity (Wildman–Crippen MR) is 73.1 cm³/mol. The molecule has 2 heteroatoms. The first kappa shape index (κ1) is 11.4. The largest absolute Gasteiger partial charge is 0.378 e. The summed E-state index contributed by atoms with van der Waals surface area (Å²) in [7, 11) is 4.07. The lowest BCUT2D eigenvalue weighted by Crippen LogP contribution is -2.08. The highest BCUT2D eigenvalue weighted by Gasteiger charge is 2.02. The quantitative estimate of drug-likeness (QED) is 0.796. The van der Waals surface area contributed by atoms with Crippen molar-refractivity contribution in [3.05, 3.63) is 66.5 Å². The summed E-state index contributed by atoms with van der Waals surface area (Å²) in [5.74, 6) is 0. The van der Waals surface area contributed by atoms with Crippen molar-refractivity contribution in [3.63, 3.8) is 0 Å². The predicted octanol–water partition coefficient (Wildman–Crippen LogP) is 3.21. The molecule has 0 fully saturated rings. The van der Waals surface area contributed by atoms with E-state index in [1.165, 1.54) is 5.69 Å². The molecule has 17 heavy (non-hydrogen) atoms. The number of rotatable bonds is 3. The van der Waals surface area contributed by atoms with Crippen LogP contribution in [-0.4, -0.2) is 19.1 Å². The molecule has 0 amide bonds. The fraction of sp³-hybridized carbons (Fsp3) is 0.133. The fourth-order valence-electron chi connectivity index (χ4n) is 1.67. The van der Waals surface area contributed by atoms with Gasteiger partial charge in [-0.05, 0) is 34.9 Å². The first-order valence-electron chi connectivity index (χ1n) is 5.55. The molecule has 0 unspecified atom stereocenters. The van der Waals surface area contributed by atoms with Crippen molar-refractivity contribution >= 4 is 11.3 Å². The summed E-state index contributed by atoms with van der Waals surface area (Å²) in [6, 6.07) is 12.3.